The van der Waals surface area contributed by atoms with Crippen LogP contribution in [-0.2, 0) is 15.3 Å². The van der Waals surface area contributed by atoms with Gasteiger partial charge in [-0.1, -0.05) is 53.7 Å². The molecular formula is C20H17ClN6O2S. The third kappa shape index (κ3) is 4.87. The van der Waals surface area contributed by atoms with Crippen LogP contribution in [0.15, 0.2) is 64.9 Å². The van der Waals surface area contributed by atoms with Gasteiger partial charge in [-0.3, -0.25) is 14.9 Å². The molecule has 0 spiro atoms. The zero-order chi connectivity index (χ0) is 20.9. The van der Waals surface area contributed by atoms with Gasteiger partial charge in [0.1, 0.15) is 5.71 Å². The van der Waals surface area contributed by atoms with Gasteiger partial charge in [-0.05, 0) is 29.8 Å². The molecule has 10 heteroatoms. The van der Waals surface area contributed by atoms with Crippen molar-refractivity contribution in [3.05, 3.63) is 65.2 Å². The molecule has 4 rings (SSSR count). The molecule has 2 heterocycles. The molecule has 0 aliphatic carbocycles. The Hall–Kier alpha value is -3.17. The highest BCUT2D eigenvalue weighted by Crippen LogP contribution is 2.22. The zero-order valence-corrected chi connectivity index (χ0v) is 17.3. The summed E-state index contributed by atoms with van der Waals surface area (Å²) >= 11 is 7.32. The summed E-state index contributed by atoms with van der Waals surface area (Å²) < 4.78 is 0. The summed E-state index contributed by atoms with van der Waals surface area (Å²) in [5.41, 5.74) is 1.96. The second-order valence-corrected chi connectivity index (χ2v) is 7.80. The van der Waals surface area contributed by atoms with Crippen LogP contribution in [-0.4, -0.2) is 32.7 Å². The van der Waals surface area contributed by atoms with Crippen LogP contribution in [0.1, 0.15) is 18.4 Å². The number of thioether (sulfide) groups is 1. The molecule has 1 aliphatic rings. The molecule has 30 heavy (non-hydrogen) atoms. The maximum absolute atomic E-state index is 12.6. The maximum atomic E-state index is 12.6. The summed E-state index contributed by atoms with van der Waals surface area (Å²) in [6.45, 7) is 0. The minimum Gasteiger partial charge on any atom is -0.290 e. The number of aromatic amines is 1. The van der Waals surface area contributed by atoms with Crippen molar-refractivity contribution in [2.75, 3.05) is 10.3 Å². The summed E-state index contributed by atoms with van der Waals surface area (Å²) in [4.78, 5) is 29.0. The van der Waals surface area contributed by atoms with Crippen molar-refractivity contribution in [3.8, 4) is 0 Å². The summed E-state index contributed by atoms with van der Waals surface area (Å²) in [5, 5.41) is 16.1. The number of anilines is 2. The summed E-state index contributed by atoms with van der Waals surface area (Å²) in [6.07, 6.45) is 0.472. The van der Waals surface area contributed by atoms with E-state index in [-0.39, 0.29) is 30.4 Å². The number of hydrogen-bond donors (Lipinski definition) is 2. The number of carbonyl (C=O) groups excluding carboxylic acids is 2. The number of halogens is 1. The largest absolute Gasteiger partial charge is 0.290 e. The summed E-state index contributed by atoms with van der Waals surface area (Å²) in [5.74, 6) is 0.320. The van der Waals surface area contributed by atoms with E-state index >= 15 is 0 Å². The number of para-hydroxylation sites is 1. The number of rotatable bonds is 6. The molecule has 8 nitrogen and oxygen atoms in total. The van der Waals surface area contributed by atoms with Crippen molar-refractivity contribution in [2.24, 2.45) is 5.10 Å². The van der Waals surface area contributed by atoms with Gasteiger partial charge in [-0.25, -0.2) is 10.1 Å². The van der Waals surface area contributed by atoms with Gasteiger partial charge in [-0.15, -0.1) is 5.10 Å². The van der Waals surface area contributed by atoms with Gasteiger partial charge in [0, 0.05) is 23.6 Å². The van der Waals surface area contributed by atoms with Crippen LogP contribution < -0.4 is 10.3 Å². The lowest BCUT2D eigenvalue weighted by atomic mass is 10.1. The number of nitrogens with one attached hydrogen (secondary N) is 2. The fourth-order valence-corrected chi connectivity index (χ4v) is 3.64. The number of nitrogens with zero attached hydrogens (tertiary/aromatic N) is 4. The van der Waals surface area contributed by atoms with Crippen LogP contribution in [0.3, 0.4) is 0 Å². The van der Waals surface area contributed by atoms with Crippen molar-refractivity contribution < 1.29 is 9.59 Å². The number of hydrogen-bond acceptors (Lipinski definition) is 6. The van der Waals surface area contributed by atoms with E-state index in [1.165, 1.54) is 16.8 Å². The number of aromatic nitrogens is 3. The Kier molecular flexibility index (Phi) is 6.10. The van der Waals surface area contributed by atoms with E-state index < -0.39 is 5.91 Å². The highest BCUT2D eigenvalue weighted by atomic mass is 35.5. The van der Waals surface area contributed by atoms with Gasteiger partial charge in [0.15, 0.2) is 0 Å². The Morgan fingerprint density at radius 3 is 2.67 bits per heavy atom. The van der Waals surface area contributed by atoms with Gasteiger partial charge in [0.2, 0.25) is 17.0 Å². The Morgan fingerprint density at radius 1 is 1.13 bits per heavy atom. The van der Waals surface area contributed by atoms with E-state index in [2.05, 4.69) is 25.6 Å². The van der Waals surface area contributed by atoms with Gasteiger partial charge in [0.05, 0.1) is 5.69 Å². The summed E-state index contributed by atoms with van der Waals surface area (Å²) in [7, 11) is 0. The normalized spacial score (nSPS) is 13.8. The third-order valence-electron chi connectivity index (χ3n) is 4.27. The van der Waals surface area contributed by atoms with Gasteiger partial charge in [0.25, 0.3) is 5.91 Å². The molecule has 2 amide bonds. The Bertz CT molecular complexity index is 1080. The predicted octanol–water partition coefficient (Wildman–Crippen LogP) is 3.87. The van der Waals surface area contributed by atoms with E-state index in [0.717, 1.165) is 5.56 Å². The fraction of sp³-hybridized carbons (Fsp3) is 0.150. The SMILES string of the molecule is O=C(Nc1nc(SCc2ccc(Cl)cc2)n[nH]1)C1=NN(c2ccccc2)C(=O)CC1. The Morgan fingerprint density at radius 2 is 1.90 bits per heavy atom. The maximum Gasteiger partial charge on any atom is 0.274 e. The van der Waals surface area contributed by atoms with E-state index in [1.807, 2.05) is 42.5 Å². The molecule has 1 aliphatic heterocycles. The monoisotopic (exact) mass is 440 g/mol. The minimum atomic E-state index is -0.422. The second kappa shape index (κ2) is 9.10. The summed E-state index contributed by atoms with van der Waals surface area (Å²) in [6, 6.07) is 16.5. The first kappa shape index (κ1) is 20.1. The van der Waals surface area contributed by atoms with E-state index in [4.69, 9.17) is 11.6 Å². The number of carbonyl (C=O) groups is 2. The average molecular weight is 441 g/mol. The molecule has 0 fully saturated rings. The molecule has 0 atom stereocenters. The minimum absolute atomic E-state index is 0.154. The molecule has 1 aromatic heterocycles. The first-order chi connectivity index (χ1) is 14.6. The third-order valence-corrected chi connectivity index (χ3v) is 5.44. The Labute approximate surface area is 181 Å². The van der Waals surface area contributed by atoms with Gasteiger partial charge >= 0.3 is 0 Å². The molecule has 0 bridgehead atoms. The first-order valence-corrected chi connectivity index (χ1v) is 10.5. The molecule has 0 radical (unpaired) electrons. The smallest absolute Gasteiger partial charge is 0.274 e. The van der Waals surface area contributed by atoms with E-state index in [0.29, 0.717) is 21.6 Å². The zero-order valence-electron chi connectivity index (χ0n) is 15.7. The van der Waals surface area contributed by atoms with Crippen molar-refractivity contribution >= 4 is 52.5 Å². The number of benzene rings is 2. The quantitative estimate of drug-likeness (QED) is 0.566. The first-order valence-electron chi connectivity index (χ1n) is 9.15. The van der Waals surface area contributed by atoms with Crippen LogP contribution in [0, 0.1) is 0 Å². The molecule has 2 aromatic carbocycles. The van der Waals surface area contributed by atoms with Gasteiger partial charge < -0.3 is 0 Å². The highest BCUT2D eigenvalue weighted by molar-refractivity contribution is 7.98. The van der Waals surface area contributed by atoms with E-state index in [9.17, 15) is 9.59 Å². The lowest BCUT2D eigenvalue weighted by Gasteiger charge is -2.22. The standard InChI is InChI=1S/C20H17ClN6O2S/c21-14-8-6-13(7-9-14)12-30-20-23-19(24-25-20)22-18(29)16-10-11-17(28)27(26-16)15-4-2-1-3-5-15/h1-9H,10-12H2,(H2,22,23,24,25,29). The van der Waals surface area contributed by atoms with Gasteiger partial charge in [-0.2, -0.15) is 10.1 Å². The Balaban J connectivity index is 1.39. The lowest BCUT2D eigenvalue weighted by Crippen LogP contribution is -2.36. The average Bonchev–Trinajstić information content (AvgIpc) is 3.21. The second-order valence-electron chi connectivity index (χ2n) is 6.42. The lowest BCUT2D eigenvalue weighted by molar-refractivity contribution is -0.118. The highest BCUT2D eigenvalue weighted by Gasteiger charge is 2.26. The van der Waals surface area contributed by atoms with E-state index in [1.54, 1.807) is 12.1 Å². The molecule has 152 valence electrons. The van der Waals surface area contributed by atoms with Crippen molar-refractivity contribution in [1.29, 1.82) is 0 Å². The molecule has 0 saturated heterocycles. The van der Waals surface area contributed by atoms with Crippen LogP contribution in [0.4, 0.5) is 11.6 Å². The van der Waals surface area contributed by atoms with Crippen LogP contribution in [0.25, 0.3) is 0 Å². The molecule has 2 N–H and O–H groups in total. The van der Waals surface area contributed by atoms with Crippen molar-refractivity contribution in [1.82, 2.24) is 15.2 Å². The molecular weight excluding hydrogens is 424 g/mol. The molecule has 0 saturated carbocycles. The van der Waals surface area contributed by atoms with Crippen molar-refractivity contribution in [2.45, 2.75) is 23.8 Å². The topological polar surface area (TPSA) is 103 Å². The number of hydrazone groups is 1. The van der Waals surface area contributed by atoms with Crippen LogP contribution in [0.5, 0.6) is 0 Å². The van der Waals surface area contributed by atoms with Crippen LogP contribution in [0.2, 0.25) is 5.02 Å². The van der Waals surface area contributed by atoms with Crippen LogP contribution >= 0.6 is 23.4 Å². The fourth-order valence-electron chi connectivity index (χ4n) is 2.76. The molecule has 0 unspecified atom stereocenters. The molecule has 3 aromatic rings. The van der Waals surface area contributed by atoms with Crippen molar-refractivity contribution in [3.63, 3.8) is 0 Å². The predicted molar refractivity (Wildman–Crippen MR) is 117 cm³/mol. The number of H-pyrrole nitrogens is 1. The number of amides is 2.